The highest BCUT2D eigenvalue weighted by Crippen LogP contribution is 2.40. The Kier molecular flexibility index (Phi) is 4.85. The van der Waals surface area contributed by atoms with Gasteiger partial charge in [-0.15, -0.1) is 11.3 Å². The first kappa shape index (κ1) is 18.2. The Morgan fingerprint density at radius 2 is 1.96 bits per heavy atom. The van der Waals surface area contributed by atoms with Gasteiger partial charge in [-0.2, -0.15) is 0 Å². The van der Waals surface area contributed by atoms with Crippen molar-refractivity contribution in [2.45, 2.75) is 0 Å². The molecule has 0 aliphatic carbocycles. The van der Waals surface area contributed by atoms with Crippen LogP contribution in [0.2, 0.25) is 0 Å². The van der Waals surface area contributed by atoms with Gasteiger partial charge in [0.1, 0.15) is 10.4 Å². The van der Waals surface area contributed by atoms with E-state index >= 15 is 0 Å². The number of amides is 1. The average Bonchev–Trinajstić information content (AvgIpc) is 3.22. The summed E-state index contributed by atoms with van der Waals surface area (Å²) in [6, 6.07) is 12.8. The van der Waals surface area contributed by atoms with Crippen molar-refractivity contribution < 1.29 is 14.6 Å². The Balaban J connectivity index is 1.91. The van der Waals surface area contributed by atoms with E-state index < -0.39 is 0 Å². The molecule has 0 aliphatic rings. The van der Waals surface area contributed by atoms with Crippen LogP contribution in [0.4, 0.5) is 0 Å². The lowest BCUT2D eigenvalue weighted by Gasteiger charge is -2.14. The van der Waals surface area contributed by atoms with E-state index in [1.165, 1.54) is 11.3 Å². The molecule has 0 aliphatic heterocycles. The Labute approximate surface area is 164 Å². The van der Waals surface area contributed by atoms with Crippen LogP contribution in [0.25, 0.3) is 32.1 Å². The number of nitrogens with one attached hydrogen (secondary N) is 2. The SMILES string of the molecule is COc1ccc2[nH]c(=O)c3sccc3c2c1-c1ccc(C(=O)NCCO)cc1. The summed E-state index contributed by atoms with van der Waals surface area (Å²) in [4.78, 5) is 27.3. The van der Waals surface area contributed by atoms with Gasteiger partial charge < -0.3 is 20.1 Å². The van der Waals surface area contributed by atoms with Crippen LogP contribution >= 0.6 is 11.3 Å². The number of pyridine rings is 1. The summed E-state index contributed by atoms with van der Waals surface area (Å²) in [5, 5.41) is 15.2. The van der Waals surface area contributed by atoms with Gasteiger partial charge in [-0.25, -0.2) is 0 Å². The highest BCUT2D eigenvalue weighted by atomic mass is 32.1. The lowest BCUT2D eigenvalue weighted by molar-refractivity contribution is 0.0945. The molecule has 0 bridgehead atoms. The number of carbonyl (C=O) groups is 1. The molecule has 0 spiro atoms. The number of aliphatic hydroxyl groups is 1. The second-order valence-corrected chi connectivity index (χ2v) is 7.16. The van der Waals surface area contributed by atoms with Crippen molar-refractivity contribution in [3.05, 3.63) is 63.8 Å². The minimum atomic E-state index is -0.241. The summed E-state index contributed by atoms with van der Waals surface area (Å²) in [7, 11) is 1.61. The van der Waals surface area contributed by atoms with E-state index in [4.69, 9.17) is 9.84 Å². The number of aliphatic hydroxyl groups excluding tert-OH is 1. The van der Waals surface area contributed by atoms with E-state index in [0.29, 0.717) is 16.0 Å². The van der Waals surface area contributed by atoms with Crippen LogP contribution in [0.3, 0.4) is 0 Å². The molecule has 0 radical (unpaired) electrons. The summed E-state index contributed by atoms with van der Waals surface area (Å²) in [5.74, 6) is 0.444. The summed E-state index contributed by atoms with van der Waals surface area (Å²) < 4.78 is 6.27. The Hall–Kier alpha value is -3.16. The van der Waals surface area contributed by atoms with Crippen LogP contribution in [0, 0.1) is 0 Å². The number of H-pyrrole nitrogens is 1. The van der Waals surface area contributed by atoms with Crippen LogP contribution < -0.4 is 15.6 Å². The quantitative estimate of drug-likeness (QED) is 0.485. The molecule has 6 nitrogen and oxygen atoms in total. The van der Waals surface area contributed by atoms with Crippen molar-refractivity contribution in [3.63, 3.8) is 0 Å². The Morgan fingerprint density at radius 3 is 2.68 bits per heavy atom. The number of methoxy groups -OCH3 is 1. The highest BCUT2D eigenvalue weighted by Gasteiger charge is 2.16. The van der Waals surface area contributed by atoms with Gasteiger partial charge in [-0.05, 0) is 41.3 Å². The molecule has 28 heavy (non-hydrogen) atoms. The zero-order valence-corrected chi connectivity index (χ0v) is 15.9. The second-order valence-electron chi connectivity index (χ2n) is 6.24. The van der Waals surface area contributed by atoms with E-state index in [-0.39, 0.29) is 24.6 Å². The van der Waals surface area contributed by atoms with Crippen LogP contribution in [-0.4, -0.2) is 36.3 Å². The van der Waals surface area contributed by atoms with Crippen molar-refractivity contribution in [1.82, 2.24) is 10.3 Å². The third kappa shape index (κ3) is 3.04. The molecule has 0 unspecified atom stereocenters. The topological polar surface area (TPSA) is 91.4 Å². The number of hydrogen-bond acceptors (Lipinski definition) is 5. The number of ether oxygens (including phenoxy) is 1. The van der Waals surface area contributed by atoms with Crippen molar-refractivity contribution in [1.29, 1.82) is 0 Å². The Bertz CT molecular complexity index is 1230. The summed E-state index contributed by atoms with van der Waals surface area (Å²) in [6.45, 7) is 0.104. The molecule has 2 aromatic carbocycles. The number of hydrogen-bond donors (Lipinski definition) is 3. The van der Waals surface area contributed by atoms with Crippen molar-refractivity contribution >= 4 is 38.2 Å². The molecular formula is C21H18N2O4S. The molecule has 3 N–H and O–H groups in total. The maximum Gasteiger partial charge on any atom is 0.266 e. The van der Waals surface area contributed by atoms with Crippen LogP contribution in [-0.2, 0) is 0 Å². The minimum Gasteiger partial charge on any atom is -0.496 e. The predicted octanol–water partition coefficient (Wildman–Crippen LogP) is 3.14. The zero-order valence-electron chi connectivity index (χ0n) is 15.1. The first-order chi connectivity index (χ1) is 13.6. The molecule has 7 heteroatoms. The van der Waals surface area contributed by atoms with Gasteiger partial charge >= 0.3 is 0 Å². The third-order valence-corrected chi connectivity index (χ3v) is 5.52. The molecule has 0 saturated carbocycles. The van der Waals surface area contributed by atoms with E-state index in [1.54, 1.807) is 19.2 Å². The van der Waals surface area contributed by atoms with Crippen LogP contribution in [0.1, 0.15) is 10.4 Å². The Morgan fingerprint density at radius 1 is 1.18 bits per heavy atom. The summed E-state index contributed by atoms with van der Waals surface area (Å²) in [5.41, 5.74) is 2.87. The molecule has 0 fully saturated rings. The molecule has 1 amide bonds. The van der Waals surface area contributed by atoms with Crippen LogP contribution in [0.15, 0.2) is 52.6 Å². The molecule has 2 heterocycles. The van der Waals surface area contributed by atoms with E-state index in [9.17, 15) is 9.59 Å². The third-order valence-electron chi connectivity index (χ3n) is 4.61. The van der Waals surface area contributed by atoms with E-state index in [0.717, 1.165) is 27.4 Å². The molecular weight excluding hydrogens is 376 g/mol. The number of aromatic amines is 1. The predicted molar refractivity (Wildman–Crippen MR) is 111 cm³/mol. The smallest absolute Gasteiger partial charge is 0.266 e. The van der Waals surface area contributed by atoms with Gasteiger partial charge in [-0.3, -0.25) is 9.59 Å². The van der Waals surface area contributed by atoms with E-state index in [2.05, 4.69) is 10.3 Å². The van der Waals surface area contributed by atoms with Gasteiger partial charge in [0, 0.05) is 34.0 Å². The number of carbonyl (C=O) groups excluding carboxylic acids is 1. The lowest BCUT2D eigenvalue weighted by atomic mass is 9.96. The summed E-state index contributed by atoms with van der Waals surface area (Å²) >= 11 is 1.40. The van der Waals surface area contributed by atoms with Crippen molar-refractivity contribution in [3.8, 4) is 16.9 Å². The van der Waals surface area contributed by atoms with Gasteiger partial charge in [0.25, 0.3) is 11.5 Å². The van der Waals surface area contributed by atoms with Gasteiger partial charge in [0.05, 0.1) is 13.7 Å². The first-order valence-corrected chi connectivity index (χ1v) is 9.61. The summed E-state index contributed by atoms with van der Waals surface area (Å²) in [6.07, 6.45) is 0. The first-order valence-electron chi connectivity index (χ1n) is 8.73. The van der Waals surface area contributed by atoms with Crippen LogP contribution in [0.5, 0.6) is 5.75 Å². The maximum atomic E-state index is 12.3. The lowest BCUT2D eigenvalue weighted by Crippen LogP contribution is -2.26. The molecule has 2 aromatic heterocycles. The number of benzene rings is 2. The molecule has 142 valence electrons. The van der Waals surface area contributed by atoms with Crippen molar-refractivity contribution in [2.75, 3.05) is 20.3 Å². The number of thiophene rings is 1. The van der Waals surface area contributed by atoms with E-state index in [1.807, 2.05) is 35.7 Å². The fourth-order valence-electron chi connectivity index (χ4n) is 3.34. The molecule has 4 rings (SSSR count). The largest absolute Gasteiger partial charge is 0.496 e. The highest BCUT2D eigenvalue weighted by molar-refractivity contribution is 7.17. The number of fused-ring (bicyclic) bond motifs is 3. The fourth-order valence-corrected chi connectivity index (χ4v) is 4.14. The molecule has 0 saturated heterocycles. The number of rotatable bonds is 5. The standard InChI is InChI=1S/C21H18N2O4S/c1-27-16-7-6-15-18(14-8-11-28-19(14)21(26)23-15)17(16)12-2-4-13(5-3-12)20(25)22-9-10-24/h2-8,11,24H,9-10H2,1H3,(H,22,25)(H,23,26). The average molecular weight is 394 g/mol. The molecule has 4 aromatic rings. The maximum absolute atomic E-state index is 12.3. The van der Waals surface area contributed by atoms with Crippen molar-refractivity contribution in [2.24, 2.45) is 0 Å². The number of aromatic nitrogens is 1. The fraction of sp³-hybridized carbons (Fsp3) is 0.143. The second kappa shape index (κ2) is 7.46. The zero-order chi connectivity index (χ0) is 19.7. The van der Waals surface area contributed by atoms with Gasteiger partial charge in [0.2, 0.25) is 0 Å². The monoisotopic (exact) mass is 394 g/mol. The van der Waals surface area contributed by atoms with Gasteiger partial charge in [0.15, 0.2) is 0 Å². The molecule has 0 atom stereocenters. The minimum absolute atomic E-state index is 0.105. The normalized spacial score (nSPS) is 11.1. The van der Waals surface area contributed by atoms with Gasteiger partial charge in [-0.1, -0.05) is 12.1 Å².